The number of hydrogen-bond acceptors (Lipinski definition) is 3. The molecule has 0 saturated carbocycles. The number of carbonyl (C=O) groups is 1. The first-order valence-electron chi connectivity index (χ1n) is 9.44. The highest BCUT2D eigenvalue weighted by molar-refractivity contribution is 5.72. The number of ether oxygens (including phenoxy) is 1. The van der Waals surface area contributed by atoms with Gasteiger partial charge in [-0.05, 0) is 68.2 Å². The Morgan fingerprint density at radius 3 is 2.20 bits per heavy atom. The van der Waals surface area contributed by atoms with Crippen LogP contribution in [0.5, 0.6) is 0 Å². The number of hydrogen-bond donors (Lipinski definition) is 2. The highest BCUT2D eigenvalue weighted by Crippen LogP contribution is 2.44. The van der Waals surface area contributed by atoms with Crippen LogP contribution in [0.25, 0.3) is 0 Å². The first kappa shape index (κ1) is 20.2. The molecule has 2 fully saturated rings. The van der Waals surface area contributed by atoms with E-state index < -0.39 is 11.3 Å². The number of carbonyl (C=O) groups excluding carboxylic acids is 1. The Bertz CT molecular complexity index is 545. The lowest BCUT2D eigenvalue weighted by Gasteiger charge is -2.48. The predicted octanol–water partition coefficient (Wildman–Crippen LogP) is 2.94. The lowest BCUT2D eigenvalue weighted by molar-refractivity contribution is -0.788. The largest absolute Gasteiger partial charge is 0.438 e. The van der Waals surface area contributed by atoms with E-state index in [1.165, 1.54) is 5.57 Å². The summed E-state index contributed by atoms with van der Waals surface area (Å²) in [6, 6.07) is -0.0252. The molecule has 2 atom stereocenters. The van der Waals surface area contributed by atoms with E-state index in [1.807, 2.05) is 6.92 Å². The Hall–Kier alpha value is -1.07. The second-order valence-electron chi connectivity index (χ2n) is 9.99. The molecule has 1 amide bonds. The number of piperidine rings is 1. The maximum Gasteiger partial charge on any atom is 0.413 e. The zero-order valence-electron chi connectivity index (χ0n) is 17.3. The van der Waals surface area contributed by atoms with Crippen molar-refractivity contribution in [2.75, 3.05) is 0 Å². The molecule has 5 heteroatoms. The summed E-state index contributed by atoms with van der Waals surface area (Å²) in [4.78, 5) is 14.4. The zero-order valence-corrected chi connectivity index (χ0v) is 17.3. The normalized spacial score (nSPS) is 34.8. The second-order valence-corrected chi connectivity index (χ2v) is 9.99. The molecule has 2 saturated heterocycles. The van der Waals surface area contributed by atoms with Gasteiger partial charge in [0.1, 0.15) is 0 Å². The van der Waals surface area contributed by atoms with Gasteiger partial charge in [0, 0.05) is 18.9 Å². The van der Waals surface area contributed by atoms with Crippen molar-refractivity contribution < 1.29 is 20.0 Å². The summed E-state index contributed by atoms with van der Waals surface area (Å²) in [6.45, 7) is 16.5. The summed E-state index contributed by atoms with van der Waals surface area (Å²) in [6.07, 6.45) is 4.81. The molecule has 0 radical (unpaired) electrons. The summed E-state index contributed by atoms with van der Waals surface area (Å²) in [5.74, 6) is 0. The Balaban J connectivity index is 2.26. The van der Waals surface area contributed by atoms with Gasteiger partial charge in [-0.1, -0.05) is 11.6 Å². The van der Waals surface area contributed by atoms with E-state index in [1.54, 1.807) is 11.8 Å². The quantitative estimate of drug-likeness (QED) is 0.764. The molecule has 5 nitrogen and oxygen atoms in total. The molecule has 144 valence electrons. The van der Waals surface area contributed by atoms with E-state index in [4.69, 9.17) is 4.74 Å². The van der Waals surface area contributed by atoms with Crippen LogP contribution in [0.2, 0.25) is 0 Å². The molecule has 0 aromatic carbocycles. The van der Waals surface area contributed by atoms with Gasteiger partial charge < -0.3 is 15.2 Å². The van der Waals surface area contributed by atoms with Crippen LogP contribution >= 0.6 is 0 Å². The minimum Gasteiger partial charge on any atom is -0.438 e. The van der Waals surface area contributed by atoms with Crippen molar-refractivity contribution in [2.45, 2.75) is 110 Å². The molecular weight excluding hydrogens is 316 g/mol. The van der Waals surface area contributed by atoms with Gasteiger partial charge in [-0.15, -0.1) is 0 Å². The van der Waals surface area contributed by atoms with E-state index in [-0.39, 0.29) is 23.2 Å². The summed E-state index contributed by atoms with van der Waals surface area (Å²) in [5.41, 5.74) is -0.942. The highest BCUT2D eigenvalue weighted by atomic mass is 16.6. The number of cyclic esters (lactones) is 1. The number of nitrogens with zero attached hydrogens (tertiary/aromatic N) is 1. The molecule has 0 spiro atoms. The lowest BCUT2D eigenvalue weighted by atomic mass is 9.77. The Kier molecular flexibility index (Phi) is 5.08. The Morgan fingerprint density at radius 2 is 1.72 bits per heavy atom. The van der Waals surface area contributed by atoms with Crippen molar-refractivity contribution in [1.29, 1.82) is 0 Å². The smallest absolute Gasteiger partial charge is 0.413 e. The Labute approximate surface area is 152 Å². The fourth-order valence-corrected chi connectivity index (χ4v) is 4.84. The van der Waals surface area contributed by atoms with Crippen molar-refractivity contribution in [3.8, 4) is 0 Å². The molecule has 2 heterocycles. The van der Waals surface area contributed by atoms with Crippen LogP contribution in [-0.2, 0) is 4.74 Å². The molecule has 2 aliphatic heterocycles. The third-order valence-corrected chi connectivity index (χ3v) is 5.82. The van der Waals surface area contributed by atoms with Crippen LogP contribution in [0.1, 0.15) is 81.1 Å². The van der Waals surface area contributed by atoms with Crippen LogP contribution in [0, 0.1) is 0 Å². The first-order chi connectivity index (χ1) is 11.2. The second kappa shape index (κ2) is 6.27. The molecule has 0 aromatic rings. The minimum atomic E-state index is -1.31. The van der Waals surface area contributed by atoms with Gasteiger partial charge in [0.15, 0.2) is 11.3 Å². The number of nitrogens with two attached hydrogens (primary N) is 1. The fraction of sp³-hybridized carbons (Fsp3) is 0.850. The summed E-state index contributed by atoms with van der Waals surface area (Å²) < 4.78 is 5.75. The summed E-state index contributed by atoms with van der Waals surface area (Å²) in [7, 11) is 0. The third kappa shape index (κ3) is 4.03. The van der Waals surface area contributed by atoms with Crippen molar-refractivity contribution in [3.05, 3.63) is 11.6 Å². The summed E-state index contributed by atoms with van der Waals surface area (Å²) >= 11 is 0. The van der Waals surface area contributed by atoms with E-state index in [2.05, 4.69) is 52.9 Å². The van der Waals surface area contributed by atoms with Crippen LogP contribution in [-0.4, -0.2) is 44.5 Å². The van der Waals surface area contributed by atoms with Gasteiger partial charge in [-0.2, -0.15) is 0 Å². The average Bonchev–Trinajstić information content (AvgIpc) is 2.50. The maximum absolute atomic E-state index is 12.7. The number of quaternary nitrogens is 1. The predicted molar refractivity (Wildman–Crippen MR) is 99.1 cm³/mol. The molecule has 2 rings (SSSR count). The van der Waals surface area contributed by atoms with E-state index in [9.17, 15) is 9.90 Å². The molecule has 0 unspecified atom stereocenters. The number of rotatable bonds is 4. The number of amides is 1. The van der Waals surface area contributed by atoms with Gasteiger partial charge >= 0.3 is 6.09 Å². The molecular formula is C20H37N2O3+. The van der Waals surface area contributed by atoms with Gasteiger partial charge in [-0.3, -0.25) is 4.90 Å². The molecule has 25 heavy (non-hydrogen) atoms. The van der Waals surface area contributed by atoms with Gasteiger partial charge in [0.05, 0.1) is 11.1 Å². The number of allylic oxidation sites excluding steroid dienone is 2. The van der Waals surface area contributed by atoms with Crippen molar-refractivity contribution in [3.63, 3.8) is 0 Å². The molecule has 0 aromatic heterocycles. The summed E-state index contributed by atoms with van der Waals surface area (Å²) in [5, 5.41) is 13.7. The van der Waals surface area contributed by atoms with E-state index in [0.717, 1.165) is 19.3 Å². The maximum atomic E-state index is 12.7. The van der Waals surface area contributed by atoms with Crippen molar-refractivity contribution in [1.82, 2.24) is 4.90 Å². The van der Waals surface area contributed by atoms with Crippen LogP contribution in [0.15, 0.2) is 11.6 Å². The standard InChI is InChI=1S/C20H36N2O3/c1-14(2)10-9-11-19(7)20(8,24)22(16(23)25-19)15-12-17(3,4)21-18(5,6)13-15/h10,15,21,24H,9,11-13H2,1-8H3/p+1/t19-,20-/m0/s1. The monoisotopic (exact) mass is 353 g/mol. The lowest BCUT2D eigenvalue weighted by Crippen LogP contribution is -3.06. The Morgan fingerprint density at radius 1 is 1.20 bits per heavy atom. The topological polar surface area (TPSA) is 66.4 Å². The van der Waals surface area contributed by atoms with Crippen LogP contribution < -0.4 is 5.32 Å². The highest BCUT2D eigenvalue weighted by Gasteiger charge is 2.62. The van der Waals surface area contributed by atoms with E-state index >= 15 is 0 Å². The molecule has 0 aliphatic carbocycles. The van der Waals surface area contributed by atoms with Crippen LogP contribution in [0.3, 0.4) is 0 Å². The first-order valence-corrected chi connectivity index (χ1v) is 9.44. The van der Waals surface area contributed by atoms with Gasteiger partial charge in [-0.25, -0.2) is 4.79 Å². The molecule has 2 aliphatic rings. The fourth-order valence-electron chi connectivity index (χ4n) is 4.84. The van der Waals surface area contributed by atoms with Gasteiger partial charge in [0.25, 0.3) is 0 Å². The minimum absolute atomic E-state index is 0.0177. The van der Waals surface area contributed by atoms with E-state index in [0.29, 0.717) is 6.42 Å². The zero-order chi connectivity index (χ0) is 19.3. The SMILES string of the molecule is CC(C)=CCC[C@]1(C)OC(=O)N(C2CC(C)(C)[NH2+]C(C)(C)C2)[C@@]1(C)O. The molecule has 0 bridgehead atoms. The van der Waals surface area contributed by atoms with Crippen molar-refractivity contribution >= 4 is 6.09 Å². The average molecular weight is 354 g/mol. The molecule has 3 N–H and O–H groups in total. The third-order valence-electron chi connectivity index (χ3n) is 5.82. The van der Waals surface area contributed by atoms with Gasteiger partial charge in [0.2, 0.25) is 0 Å². The van der Waals surface area contributed by atoms with Crippen LogP contribution in [0.4, 0.5) is 4.79 Å². The van der Waals surface area contributed by atoms with Crippen molar-refractivity contribution in [2.24, 2.45) is 0 Å². The number of aliphatic hydroxyl groups is 1.